The van der Waals surface area contributed by atoms with Gasteiger partial charge < -0.3 is 25.6 Å². The molecule has 5 heterocycles. The zero-order valence-electron chi connectivity index (χ0n) is 19.5. The van der Waals surface area contributed by atoms with E-state index in [1.54, 1.807) is 6.20 Å². The monoisotopic (exact) mass is 461 g/mol. The maximum atomic E-state index is 13.1. The highest BCUT2D eigenvalue weighted by atomic mass is 16.5. The minimum atomic E-state index is -0.0674. The topological polar surface area (TPSA) is 95.6 Å². The standard InChI is InChI=1S/C26H31N5O3/c1-15-22(6-2-16-8-9-34-24(15)16)26(33)29-18-10-20-4-5-21(11-18)31(20)23-7-3-17(12-28-23)25(32)30-19-13-27-14-19/h2-3,6-7,12,18-21,27H,4-5,8-11,13-14H2,1H3,(H,29,33)(H,30,32). The molecule has 0 aliphatic carbocycles. The zero-order chi connectivity index (χ0) is 23.2. The van der Waals surface area contributed by atoms with Crippen LogP contribution >= 0.6 is 0 Å². The molecule has 8 nitrogen and oxygen atoms in total. The van der Waals surface area contributed by atoms with Gasteiger partial charge in [-0.3, -0.25) is 9.59 Å². The number of fused-ring (bicyclic) bond motifs is 3. The first-order valence-corrected chi connectivity index (χ1v) is 12.4. The lowest BCUT2D eigenvalue weighted by molar-refractivity contribution is 0.0916. The van der Waals surface area contributed by atoms with Crippen molar-refractivity contribution in [2.45, 2.75) is 63.2 Å². The Balaban J connectivity index is 1.10. The van der Waals surface area contributed by atoms with Crippen LogP contribution in [0.15, 0.2) is 30.5 Å². The summed E-state index contributed by atoms with van der Waals surface area (Å²) in [7, 11) is 0. The summed E-state index contributed by atoms with van der Waals surface area (Å²) in [4.78, 5) is 32.5. The van der Waals surface area contributed by atoms with E-state index in [1.165, 1.54) is 5.56 Å². The highest BCUT2D eigenvalue weighted by Gasteiger charge is 2.42. The lowest BCUT2D eigenvalue weighted by atomic mass is 9.96. The Labute approximate surface area is 199 Å². The van der Waals surface area contributed by atoms with Crippen molar-refractivity contribution >= 4 is 17.6 Å². The van der Waals surface area contributed by atoms with Crippen LogP contribution in [0.25, 0.3) is 0 Å². The molecule has 0 saturated carbocycles. The predicted octanol–water partition coefficient (Wildman–Crippen LogP) is 1.96. The number of hydrogen-bond acceptors (Lipinski definition) is 6. The third-order valence-corrected chi connectivity index (χ3v) is 7.81. The van der Waals surface area contributed by atoms with Crippen LogP contribution in [-0.2, 0) is 6.42 Å². The van der Waals surface area contributed by atoms with Crippen LogP contribution in [0.3, 0.4) is 0 Å². The summed E-state index contributed by atoms with van der Waals surface area (Å²) in [6.07, 6.45) is 6.60. The molecule has 3 N–H and O–H groups in total. The van der Waals surface area contributed by atoms with E-state index in [4.69, 9.17) is 4.74 Å². The van der Waals surface area contributed by atoms with Crippen molar-refractivity contribution in [1.29, 1.82) is 0 Å². The Morgan fingerprint density at radius 2 is 1.79 bits per heavy atom. The quantitative estimate of drug-likeness (QED) is 0.630. The number of ether oxygens (including phenoxy) is 1. The summed E-state index contributed by atoms with van der Waals surface area (Å²) >= 11 is 0. The predicted molar refractivity (Wildman–Crippen MR) is 129 cm³/mol. The van der Waals surface area contributed by atoms with Crippen molar-refractivity contribution in [2.75, 3.05) is 24.6 Å². The number of nitrogens with zero attached hydrogens (tertiary/aromatic N) is 2. The van der Waals surface area contributed by atoms with E-state index in [1.807, 2.05) is 31.2 Å². The number of carbonyl (C=O) groups is 2. The highest BCUT2D eigenvalue weighted by molar-refractivity contribution is 5.97. The summed E-state index contributed by atoms with van der Waals surface area (Å²) in [6.45, 7) is 4.32. The summed E-state index contributed by atoms with van der Waals surface area (Å²) < 4.78 is 5.75. The summed E-state index contributed by atoms with van der Waals surface area (Å²) in [5, 5.41) is 9.46. The minimum Gasteiger partial charge on any atom is -0.493 e. The van der Waals surface area contributed by atoms with Crippen molar-refractivity contribution in [1.82, 2.24) is 20.9 Å². The molecule has 2 amide bonds. The molecular weight excluding hydrogens is 430 g/mol. The average Bonchev–Trinajstić information content (AvgIpc) is 3.39. The second-order valence-electron chi connectivity index (χ2n) is 9.99. The normalized spacial score (nSPS) is 25.3. The van der Waals surface area contributed by atoms with Gasteiger partial charge in [0.1, 0.15) is 11.6 Å². The summed E-state index contributed by atoms with van der Waals surface area (Å²) in [5.74, 6) is 1.73. The van der Waals surface area contributed by atoms with Crippen LogP contribution in [0.1, 0.15) is 57.5 Å². The molecule has 2 aromatic rings. The van der Waals surface area contributed by atoms with Crippen LogP contribution in [0.2, 0.25) is 0 Å². The molecule has 3 saturated heterocycles. The first-order valence-electron chi connectivity index (χ1n) is 12.4. The highest BCUT2D eigenvalue weighted by Crippen LogP contribution is 2.39. The second-order valence-corrected chi connectivity index (χ2v) is 9.99. The van der Waals surface area contributed by atoms with Crippen LogP contribution in [-0.4, -0.2) is 60.7 Å². The van der Waals surface area contributed by atoms with E-state index in [2.05, 4.69) is 25.8 Å². The van der Waals surface area contributed by atoms with Crippen LogP contribution in [0, 0.1) is 6.92 Å². The van der Waals surface area contributed by atoms with Gasteiger partial charge in [0.05, 0.1) is 18.2 Å². The Morgan fingerprint density at radius 1 is 1.03 bits per heavy atom. The molecule has 4 aliphatic heterocycles. The fourth-order valence-corrected chi connectivity index (χ4v) is 5.92. The molecule has 2 bridgehead atoms. The summed E-state index contributed by atoms with van der Waals surface area (Å²) in [5.41, 5.74) is 3.44. The molecular formula is C26H31N5O3. The molecule has 6 rings (SSSR count). The Bertz CT molecular complexity index is 1100. The van der Waals surface area contributed by atoms with Gasteiger partial charge in [-0.15, -0.1) is 0 Å². The molecule has 1 aromatic carbocycles. The van der Waals surface area contributed by atoms with Crippen molar-refractivity contribution in [3.63, 3.8) is 0 Å². The number of rotatable bonds is 5. The van der Waals surface area contributed by atoms with Gasteiger partial charge in [0.15, 0.2) is 0 Å². The number of carbonyl (C=O) groups excluding carboxylic acids is 2. The van der Waals surface area contributed by atoms with E-state index in [-0.39, 0.29) is 23.9 Å². The number of anilines is 1. The molecule has 178 valence electrons. The molecule has 0 spiro atoms. The summed E-state index contributed by atoms with van der Waals surface area (Å²) in [6, 6.07) is 8.85. The molecule has 3 fully saturated rings. The van der Waals surface area contributed by atoms with Gasteiger partial charge in [0.25, 0.3) is 11.8 Å². The van der Waals surface area contributed by atoms with Crippen LogP contribution in [0.5, 0.6) is 5.75 Å². The molecule has 2 unspecified atom stereocenters. The van der Waals surface area contributed by atoms with Gasteiger partial charge in [0.2, 0.25) is 0 Å². The van der Waals surface area contributed by atoms with Gasteiger partial charge in [0, 0.05) is 55.0 Å². The van der Waals surface area contributed by atoms with Crippen molar-refractivity contribution < 1.29 is 14.3 Å². The van der Waals surface area contributed by atoms with Gasteiger partial charge in [-0.05, 0) is 56.4 Å². The SMILES string of the molecule is Cc1c(C(=O)NC2CC3CCC(C2)N3c2ccc(C(=O)NC3CNC3)cn2)ccc2c1OCC2. The Kier molecular flexibility index (Phi) is 5.40. The number of aromatic nitrogens is 1. The lowest BCUT2D eigenvalue weighted by Crippen LogP contribution is -2.56. The van der Waals surface area contributed by atoms with E-state index in [0.29, 0.717) is 29.8 Å². The number of piperidine rings is 1. The number of amides is 2. The maximum absolute atomic E-state index is 13.1. The Morgan fingerprint density at radius 3 is 2.47 bits per heavy atom. The molecule has 34 heavy (non-hydrogen) atoms. The van der Waals surface area contributed by atoms with E-state index >= 15 is 0 Å². The van der Waals surface area contributed by atoms with E-state index in [9.17, 15) is 9.59 Å². The van der Waals surface area contributed by atoms with Crippen LogP contribution in [0.4, 0.5) is 5.82 Å². The zero-order valence-corrected chi connectivity index (χ0v) is 19.5. The third-order valence-electron chi connectivity index (χ3n) is 7.81. The number of hydrogen-bond donors (Lipinski definition) is 3. The first-order chi connectivity index (χ1) is 16.6. The Hall–Kier alpha value is -3.13. The first kappa shape index (κ1) is 21.4. The molecule has 2 atom stereocenters. The fraction of sp³-hybridized carbons (Fsp3) is 0.500. The van der Waals surface area contributed by atoms with Crippen molar-refractivity contribution in [3.05, 3.63) is 52.7 Å². The van der Waals surface area contributed by atoms with Crippen molar-refractivity contribution in [2.24, 2.45) is 0 Å². The third kappa shape index (κ3) is 3.79. The molecule has 4 aliphatic rings. The maximum Gasteiger partial charge on any atom is 0.253 e. The van der Waals surface area contributed by atoms with E-state index < -0.39 is 0 Å². The number of benzene rings is 1. The van der Waals surface area contributed by atoms with Gasteiger partial charge in [-0.2, -0.15) is 0 Å². The fourth-order valence-electron chi connectivity index (χ4n) is 5.92. The molecule has 8 heteroatoms. The largest absolute Gasteiger partial charge is 0.493 e. The van der Waals surface area contributed by atoms with E-state index in [0.717, 1.165) is 62.3 Å². The average molecular weight is 462 g/mol. The van der Waals surface area contributed by atoms with Crippen molar-refractivity contribution in [3.8, 4) is 5.75 Å². The second kappa shape index (κ2) is 8.58. The molecule has 1 aromatic heterocycles. The number of pyridine rings is 1. The van der Waals surface area contributed by atoms with Gasteiger partial charge in [-0.25, -0.2) is 4.98 Å². The molecule has 0 radical (unpaired) electrons. The van der Waals surface area contributed by atoms with Gasteiger partial charge in [-0.1, -0.05) is 6.07 Å². The van der Waals surface area contributed by atoms with Crippen LogP contribution < -0.4 is 25.6 Å². The van der Waals surface area contributed by atoms with Gasteiger partial charge >= 0.3 is 0 Å². The number of nitrogens with one attached hydrogen (secondary N) is 3. The lowest BCUT2D eigenvalue weighted by Gasteiger charge is -2.40. The minimum absolute atomic E-state index is 0.0104. The smallest absolute Gasteiger partial charge is 0.253 e.